The van der Waals surface area contributed by atoms with Crippen LogP contribution in [0.1, 0.15) is 30.9 Å². The van der Waals surface area contributed by atoms with Gasteiger partial charge in [0.25, 0.3) is 0 Å². The first-order valence-corrected chi connectivity index (χ1v) is 9.15. The first-order chi connectivity index (χ1) is 11.7. The lowest BCUT2D eigenvalue weighted by atomic mass is 10.1. The number of nitrogens with one attached hydrogen (secondary N) is 1. The van der Waals surface area contributed by atoms with Crippen LogP contribution in [0.3, 0.4) is 0 Å². The van der Waals surface area contributed by atoms with Crippen molar-refractivity contribution < 1.29 is 9.53 Å². The standard InChI is InChI=1S/C19H29N3O2/c1-3-16-7-4-6-15(2)18(16)20-19(23)22-11-9-21(10-12-22)14-17-8-5-13-24-17/h4,6-7,17H,3,5,8-14H2,1-2H3,(H,20,23). The molecule has 0 spiro atoms. The number of para-hydroxylation sites is 1. The molecule has 1 atom stereocenters. The smallest absolute Gasteiger partial charge is 0.321 e. The maximum Gasteiger partial charge on any atom is 0.321 e. The predicted octanol–water partition coefficient (Wildman–Crippen LogP) is 2.89. The summed E-state index contributed by atoms with van der Waals surface area (Å²) in [7, 11) is 0. The molecule has 2 heterocycles. The summed E-state index contributed by atoms with van der Waals surface area (Å²) in [6, 6.07) is 6.21. The van der Waals surface area contributed by atoms with Crippen molar-refractivity contribution in [3.05, 3.63) is 29.3 Å². The van der Waals surface area contributed by atoms with Crippen molar-refractivity contribution in [1.29, 1.82) is 0 Å². The van der Waals surface area contributed by atoms with Crippen LogP contribution >= 0.6 is 0 Å². The Morgan fingerprint density at radius 1 is 1.29 bits per heavy atom. The van der Waals surface area contributed by atoms with E-state index >= 15 is 0 Å². The molecule has 1 aromatic rings. The Balaban J connectivity index is 1.52. The quantitative estimate of drug-likeness (QED) is 0.923. The van der Waals surface area contributed by atoms with Crippen molar-refractivity contribution in [2.45, 2.75) is 39.2 Å². The van der Waals surface area contributed by atoms with Gasteiger partial charge in [0, 0.05) is 45.0 Å². The SMILES string of the molecule is CCc1cccc(C)c1NC(=O)N1CCN(CC2CCCO2)CC1. The van der Waals surface area contributed by atoms with Crippen molar-refractivity contribution in [3.8, 4) is 0 Å². The first kappa shape index (κ1) is 17.2. The molecular weight excluding hydrogens is 302 g/mol. The van der Waals surface area contributed by atoms with Gasteiger partial charge in [0.2, 0.25) is 0 Å². The Morgan fingerprint density at radius 3 is 2.75 bits per heavy atom. The van der Waals surface area contributed by atoms with Gasteiger partial charge in [0.05, 0.1) is 6.10 Å². The fraction of sp³-hybridized carbons (Fsp3) is 0.632. The molecule has 1 N–H and O–H groups in total. The summed E-state index contributed by atoms with van der Waals surface area (Å²) in [5.41, 5.74) is 3.30. The van der Waals surface area contributed by atoms with Gasteiger partial charge in [0.1, 0.15) is 0 Å². The molecule has 5 nitrogen and oxygen atoms in total. The largest absolute Gasteiger partial charge is 0.377 e. The van der Waals surface area contributed by atoms with Crippen molar-refractivity contribution in [2.75, 3.05) is 44.6 Å². The van der Waals surface area contributed by atoms with Crippen molar-refractivity contribution in [3.63, 3.8) is 0 Å². The van der Waals surface area contributed by atoms with Crippen LogP contribution in [0.4, 0.5) is 10.5 Å². The van der Waals surface area contributed by atoms with E-state index in [4.69, 9.17) is 4.74 Å². The first-order valence-electron chi connectivity index (χ1n) is 9.15. The van der Waals surface area contributed by atoms with Gasteiger partial charge in [-0.1, -0.05) is 25.1 Å². The highest BCUT2D eigenvalue weighted by molar-refractivity contribution is 5.91. The summed E-state index contributed by atoms with van der Waals surface area (Å²) in [6.07, 6.45) is 3.67. The van der Waals surface area contributed by atoms with Gasteiger partial charge in [-0.15, -0.1) is 0 Å². The van der Waals surface area contributed by atoms with Gasteiger partial charge >= 0.3 is 6.03 Å². The van der Waals surface area contributed by atoms with Crippen molar-refractivity contribution in [2.24, 2.45) is 0 Å². The number of hydrogen-bond acceptors (Lipinski definition) is 3. The summed E-state index contributed by atoms with van der Waals surface area (Å²) in [5.74, 6) is 0. The number of nitrogens with zero attached hydrogens (tertiary/aromatic N) is 2. The molecule has 5 heteroatoms. The van der Waals surface area contributed by atoms with Crippen molar-refractivity contribution >= 4 is 11.7 Å². The van der Waals surface area contributed by atoms with Crippen LogP contribution in [0, 0.1) is 6.92 Å². The Morgan fingerprint density at radius 2 is 2.08 bits per heavy atom. The minimum absolute atomic E-state index is 0.0239. The fourth-order valence-electron chi connectivity index (χ4n) is 3.60. The number of amides is 2. The number of anilines is 1. The van der Waals surface area contributed by atoms with Gasteiger partial charge in [-0.05, 0) is 37.3 Å². The van der Waals surface area contributed by atoms with E-state index in [9.17, 15) is 4.79 Å². The maximum absolute atomic E-state index is 12.6. The van der Waals surface area contributed by atoms with Crippen LogP contribution in [0.15, 0.2) is 18.2 Å². The van der Waals surface area contributed by atoms with E-state index in [0.29, 0.717) is 6.10 Å². The summed E-state index contributed by atoms with van der Waals surface area (Å²) >= 11 is 0. The zero-order chi connectivity index (χ0) is 16.9. The lowest BCUT2D eigenvalue weighted by Gasteiger charge is -2.35. The van der Waals surface area contributed by atoms with Crippen LogP contribution in [0.5, 0.6) is 0 Å². The van der Waals surface area contributed by atoms with Crippen LogP contribution in [0.2, 0.25) is 0 Å². The van der Waals surface area contributed by atoms with Gasteiger partial charge in [-0.25, -0.2) is 4.79 Å². The monoisotopic (exact) mass is 331 g/mol. The van der Waals surface area contributed by atoms with E-state index in [2.05, 4.69) is 23.2 Å². The molecule has 2 aliphatic rings. The minimum Gasteiger partial charge on any atom is -0.377 e. The molecule has 0 saturated carbocycles. The topological polar surface area (TPSA) is 44.8 Å². The fourth-order valence-corrected chi connectivity index (χ4v) is 3.60. The number of urea groups is 1. The van der Waals surface area contributed by atoms with E-state index in [1.54, 1.807) is 0 Å². The number of carbonyl (C=O) groups is 1. The Labute approximate surface area is 145 Å². The summed E-state index contributed by atoms with van der Waals surface area (Å²) in [4.78, 5) is 17.0. The van der Waals surface area contributed by atoms with E-state index < -0.39 is 0 Å². The molecule has 24 heavy (non-hydrogen) atoms. The van der Waals surface area contributed by atoms with E-state index in [0.717, 1.165) is 57.0 Å². The number of aryl methyl sites for hydroxylation is 2. The second kappa shape index (κ2) is 7.99. The van der Waals surface area contributed by atoms with E-state index in [-0.39, 0.29) is 6.03 Å². The molecule has 132 valence electrons. The molecule has 0 aromatic heterocycles. The second-order valence-electron chi connectivity index (χ2n) is 6.82. The molecule has 3 rings (SSSR count). The van der Waals surface area contributed by atoms with Crippen molar-refractivity contribution in [1.82, 2.24) is 9.80 Å². The highest BCUT2D eigenvalue weighted by Crippen LogP contribution is 2.22. The minimum atomic E-state index is 0.0239. The summed E-state index contributed by atoms with van der Waals surface area (Å²) in [6.45, 7) is 9.51. The van der Waals surface area contributed by atoms with Crippen LogP contribution < -0.4 is 5.32 Å². The van der Waals surface area contributed by atoms with Gasteiger partial charge in [0.15, 0.2) is 0 Å². The van der Waals surface area contributed by atoms with Crippen LogP contribution in [-0.4, -0.2) is 61.3 Å². The number of benzene rings is 1. The van der Waals surface area contributed by atoms with Gasteiger partial charge in [-0.2, -0.15) is 0 Å². The average Bonchev–Trinajstić information content (AvgIpc) is 3.10. The normalized spacial score (nSPS) is 21.9. The maximum atomic E-state index is 12.6. The summed E-state index contributed by atoms with van der Waals surface area (Å²) < 4.78 is 5.71. The third-order valence-electron chi connectivity index (χ3n) is 5.12. The number of piperazine rings is 1. The lowest BCUT2D eigenvalue weighted by molar-refractivity contribution is 0.0572. The molecule has 0 radical (unpaired) electrons. The Kier molecular flexibility index (Phi) is 5.74. The number of hydrogen-bond donors (Lipinski definition) is 1. The lowest BCUT2D eigenvalue weighted by Crippen LogP contribution is -2.51. The second-order valence-corrected chi connectivity index (χ2v) is 6.82. The molecule has 1 aromatic carbocycles. The predicted molar refractivity (Wildman–Crippen MR) is 96.6 cm³/mol. The molecule has 0 bridgehead atoms. The third-order valence-corrected chi connectivity index (χ3v) is 5.12. The molecule has 2 fully saturated rings. The zero-order valence-electron chi connectivity index (χ0n) is 14.9. The number of rotatable bonds is 4. The highest BCUT2D eigenvalue weighted by atomic mass is 16.5. The Hall–Kier alpha value is -1.59. The average molecular weight is 331 g/mol. The summed E-state index contributed by atoms with van der Waals surface area (Å²) in [5, 5.41) is 3.13. The molecule has 2 amide bonds. The molecule has 0 aliphatic carbocycles. The van der Waals surface area contributed by atoms with Gasteiger partial charge < -0.3 is 15.0 Å². The van der Waals surface area contributed by atoms with E-state index in [1.807, 2.05) is 24.0 Å². The number of carbonyl (C=O) groups excluding carboxylic acids is 1. The van der Waals surface area contributed by atoms with Crippen LogP contribution in [-0.2, 0) is 11.2 Å². The third kappa shape index (κ3) is 4.08. The molecule has 1 unspecified atom stereocenters. The van der Waals surface area contributed by atoms with Gasteiger partial charge in [-0.3, -0.25) is 4.90 Å². The zero-order valence-corrected chi connectivity index (χ0v) is 14.9. The Bertz CT molecular complexity index is 562. The molecule has 2 saturated heterocycles. The number of ether oxygens (including phenoxy) is 1. The molecular formula is C19H29N3O2. The van der Waals surface area contributed by atoms with Crippen LogP contribution in [0.25, 0.3) is 0 Å². The highest BCUT2D eigenvalue weighted by Gasteiger charge is 2.25. The van der Waals surface area contributed by atoms with E-state index in [1.165, 1.54) is 18.4 Å². The molecule has 2 aliphatic heterocycles.